The molecule has 2 aliphatic rings. The van der Waals surface area contributed by atoms with Crippen molar-refractivity contribution in [1.82, 2.24) is 9.29 Å². The molecule has 2 fully saturated rings. The van der Waals surface area contributed by atoms with Crippen LogP contribution in [0.4, 0.5) is 5.13 Å². The second-order valence-electron chi connectivity index (χ2n) is 8.64. The normalized spacial score (nSPS) is 21.0. The van der Waals surface area contributed by atoms with E-state index in [0.29, 0.717) is 41.9 Å². The minimum absolute atomic E-state index is 0.108. The first-order chi connectivity index (χ1) is 16.9. The second kappa shape index (κ2) is 10.0. The van der Waals surface area contributed by atoms with Crippen LogP contribution in [0.2, 0.25) is 5.02 Å². The second-order valence-corrected chi connectivity index (χ2v) is 12.0. The molecule has 2 aromatic carbocycles. The van der Waals surface area contributed by atoms with Gasteiger partial charge in [0.05, 0.1) is 34.9 Å². The van der Waals surface area contributed by atoms with Crippen LogP contribution < -0.4 is 9.64 Å². The molecule has 11 heteroatoms. The van der Waals surface area contributed by atoms with Crippen LogP contribution in [0.1, 0.15) is 25.7 Å². The molecule has 2 unspecified atom stereocenters. The van der Waals surface area contributed by atoms with Crippen molar-refractivity contribution in [3.05, 3.63) is 47.5 Å². The molecule has 0 bridgehead atoms. The van der Waals surface area contributed by atoms with Gasteiger partial charge < -0.3 is 9.47 Å². The van der Waals surface area contributed by atoms with Crippen molar-refractivity contribution in [3.63, 3.8) is 0 Å². The van der Waals surface area contributed by atoms with Gasteiger partial charge in [-0.2, -0.15) is 4.31 Å². The Morgan fingerprint density at radius 2 is 2.03 bits per heavy atom. The summed E-state index contributed by atoms with van der Waals surface area (Å²) in [4.78, 5) is 20.4. The minimum atomic E-state index is -3.86. The number of sulfonamides is 1. The third-order valence-electron chi connectivity index (χ3n) is 6.40. The molecule has 0 radical (unpaired) electrons. The lowest BCUT2D eigenvalue weighted by Gasteiger charge is -2.29. The van der Waals surface area contributed by atoms with Gasteiger partial charge in [-0.25, -0.2) is 13.4 Å². The van der Waals surface area contributed by atoms with Crippen LogP contribution in [-0.2, 0) is 19.6 Å². The summed E-state index contributed by atoms with van der Waals surface area (Å²) in [5, 5.41) is 0.984. The summed E-state index contributed by atoms with van der Waals surface area (Å²) >= 11 is 7.35. The molecule has 1 amide bonds. The molecule has 3 heterocycles. The van der Waals surface area contributed by atoms with Gasteiger partial charge in [-0.3, -0.25) is 9.69 Å². The number of anilines is 1. The van der Waals surface area contributed by atoms with Gasteiger partial charge in [0.25, 0.3) is 0 Å². The maximum Gasteiger partial charge on any atom is 0.247 e. The summed E-state index contributed by atoms with van der Waals surface area (Å²) in [7, 11) is -2.27. The fourth-order valence-electron chi connectivity index (χ4n) is 4.59. The average molecular weight is 536 g/mol. The van der Waals surface area contributed by atoms with Gasteiger partial charge >= 0.3 is 0 Å². The van der Waals surface area contributed by atoms with Gasteiger partial charge in [0.1, 0.15) is 11.8 Å². The van der Waals surface area contributed by atoms with Gasteiger partial charge in [-0.1, -0.05) is 22.9 Å². The molecule has 35 heavy (non-hydrogen) atoms. The van der Waals surface area contributed by atoms with Gasteiger partial charge in [-0.15, -0.1) is 0 Å². The Hall–Kier alpha value is -2.24. The summed E-state index contributed by atoms with van der Waals surface area (Å²) < 4.78 is 40.2. The molecule has 8 nitrogen and oxygen atoms in total. The quantitative estimate of drug-likeness (QED) is 0.447. The number of rotatable bonds is 7. The summed E-state index contributed by atoms with van der Waals surface area (Å²) in [6, 6.07) is 10.8. The van der Waals surface area contributed by atoms with Gasteiger partial charge in [-0.05, 0) is 62.1 Å². The molecule has 0 N–H and O–H groups in total. The lowest BCUT2D eigenvalue weighted by atomic mass is 10.2. The Labute approximate surface area is 213 Å². The Balaban J connectivity index is 1.48. The summed E-state index contributed by atoms with van der Waals surface area (Å²) in [5.74, 6) is 0.406. The van der Waals surface area contributed by atoms with Crippen molar-refractivity contribution >= 4 is 54.2 Å². The van der Waals surface area contributed by atoms with Crippen molar-refractivity contribution in [2.45, 2.75) is 42.7 Å². The van der Waals surface area contributed by atoms with Crippen molar-refractivity contribution in [2.24, 2.45) is 0 Å². The molecule has 0 spiro atoms. The number of thiazole rings is 1. The number of benzene rings is 2. The predicted octanol–water partition coefficient (Wildman–Crippen LogP) is 4.32. The van der Waals surface area contributed by atoms with Crippen LogP contribution in [0.25, 0.3) is 10.2 Å². The first kappa shape index (κ1) is 24.5. The average Bonchev–Trinajstić information content (AvgIpc) is 3.62. The number of ether oxygens (including phenoxy) is 2. The number of hydrogen-bond acceptors (Lipinski definition) is 7. The van der Waals surface area contributed by atoms with Gasteiger partial charge in [0.2, 0.25) is 15.9 Å². The van der Waals surface area contributed by atoms with Gasteiger partial charge in [0, 0.05) is 24.2 Å². The number of amides is 1. The van der Waals surface area contributed by atoms with E-state index in [1.165, 1.54) is 27.8 Å². The molecule has 0 saturated carbocycles. The number of methoxy groups -OCH3 is 1. The van der Waals surface area contributed by atoms with Crippen LogP contribution in [-0.4, -0.2) is 62.6 Å². The van der Waals surface area contributed by atoms with Crippen LogP contribution >= 0.6 is 22.9 Å². The fourth-order valence-corrected chi connectivity index (χ4v) is 7.33. The maximum absolute atomic E-state index is 14.0. The topological polar surface area (TPSA) is 89.0 Å². The lowest BCUT2D eigenvalue weighted by Crippen LogP contribution is -2.49. The number of fused-ring (bicyclic) bond motifs is 1. The van der Waals surface area contributed by atoms with Crippen LogP contribution in [0.3, 0.4) is 0 Å². The Bertz CT molecular complexity index is 1320. The highest BCUT2D eigenvalue weighted by Gasteiger charge is 2.42. The SMILES string of the molecule is COc1ccc2sc(N(CC3CCCO3)C(=O)C3CCCN3S(=O)(=O)c3ccc(Cl)cc3)nc2c1. The van der Waals surface area contributed by atoms with Crippen LogP contribution in [0.15, 0.2) is 47.4 Å². The number of hydrogen-bond donors (Lipinski definition) is 0. The van der Waals surface area contributed by atoms with E-state index < -0.39 is 16.1 Å². The zero-order chi connectivity index (χ0) is 24.6. The highest BCUT2D eigenvalue weighted by Crippen LogP contribution is 2.35. The fraction of sp³-hybridized carbons (Fsp3) is 0.417. The smallest absolute Gasteiger partial charge is 0.247 e. The summed E-state index contributed by atoms with van der Waals surface area (Å²) in [6.45, 7) is 1.28. The number of halogens is 1. The Morgan fingerprint density at radius 3 is 2.74 bits per heavy atom. The highest BCUT2D eigenvalue weighted by molar-refractivity contribution is 7.89. The molecule has 186 valence electrons. The molecule has 2 atom stereocenters. The summed E-state index contributed by atoms with van der Waals surface area (Å²) in [5.41, 5.74) is 0.728. The molecule has 1 aromatic heterocycles. The minimum Gasteiger partial charge on any atom is -0.497 e. The maximum atomic E-state index is 14.0. The van der Waals surface area contributed by atoms with E-state index in [4.69, 9.17) is 26.1 Å². The number of carbonyl (C=O) groups is 1. The molecule has 3 aromatic rings. The van der Waals surface area contributed by atoms with E-state index in [1.54, 1.807) is 24.1 Å². The monoisotopic (exact) mass is 535 g/mol. The third-order valence-corrected chi connectivity index (χ3v) is 9.63. The van der Waals surface area contributed by atoms with Crippen molar-refractivity contribution in [1.29, 1.82) is 0 Å². The standard InChI is InChI=1S/C24H26ClN3O5S2/c1-32-17-8-11-22-20(14-17)26-24(34-22)27(15-18-4-3-13-33-18)23(29)21-5-2-12-28(21)35(30,31)19-9-6-16(25)7-10-19/h6-11,14,18,21H,2-5,12-13,15H2,1H3. The summed E-state index contributed by atoms with van der Waals surface area (Å²) in [6.07, 6.45) is 2.73. The van der Waals surface area contributed by atoms with E-state index >= 15 is 0 Å². The highest BCUT2D eigenvalue weighted by atomic mass is 35.5. The Kier molecular flexibility index (Phi) is 7.00. The van der Waals surface area contributed by atoms with E-state index in [1.807, 2.05) is 18.2 Å². The lowest BCUT2D eigenvalue weighted by molar-refractivity contribution is -0.122. The predicted molar refractivity (Wildman–Crippen MR) is 136 cm³/mol. The van der Waals surface area contributed by atoms with Gasteiger partial charge in [0.15, 0.2) is 5.13 Å². The molecule has 2 saturated heterocycles. The molecular weight excluding hydrogens is 510 g/mol. The van der Waals surface area contributed by atoms with Crippen molar-refractivity contribution in [2.75, 3.05) is 31.7 Å². The third kappa shape index (κ3) is 4.90. The van der Waals surface area contributed by atoms with E-state index in [-0.39, 0.29) is 23.5 Å². The largest absolute Gasteiger partial charge is 0.497 e. The number of aromatic nitrogens is 1. The molecule has 2 aliphatic heterocycles. The van der Waals surface area contributed by atoms with E-state index in [9.17, 15) is 13.2 Å². The zero-order valence-corrected chi connectivity index (χ0v) is 21.6. The molecule has 5 rings (SSSR count). The van der Waals surface area contributed by atoms with Crippen molar-refractivity contribution in [3.8, 4) is 5.75 Å². The molecule has 0 aliphatic carbocycles. The molecular formula is C24H26ClN3O5S2. The number of carbonyl (C=O) groups excluding carboxylic acids is 1. The van der Waals surface area contributed by atoms with E-state index in [2.05, 4.69) is 0 Å². The number of nitrogens with zero attached hydrogens (tertiary/aromatic N) is 3. The Morgan fingerprint density at radius 1 is 1.23 bits per heavy atom. The van der Waals surface area contributed by atoms with Crippen LogP contribution in [0, 0.1) is 0 Å². The van der Waals surface area contributed by atoms with E-state index in [0.717, 1.165) is 23.1 Å². The van der Waals surface area contributed by atoms with Crippen LogP contribution in [0.5, 0.6) is 5.75 Å². The van der Waals surface area contributed by atoms with Crippen molar-refractivity contribution < 1.29 is 22.7 Å². The first-order valence-corrected chi connectivity index (χ1v) is 14.2. The zero-order valence-electron chi connectivity index (χ0n) is 19.2. The first-order valence-electron chi connectivity index (χ1n) is 11.5.